The van der Waals surface area contributed by atoms with Crippen molar-refractivity contribution in [2.75, 3.05) is 13.2 Å². The summed E-state index contributed by atoms with van der Waals surface area (Å²) in [7, 11) is 0. The predicted molar refractivity (Wildman–Crippen MR) is 65.0 cm³/mol. The molecule has 0 saturated heterocycles. The highest BCUT2D eigenvalue weighted by atomic mass is 16.5. The molecule has 0 aliphatic carbocycles. The molecule has 7 nitrogen and oxygen atoms in total. The fourth-order valence-corrected chi connectivity index (χ4v) is 1.44. The molecule has 0 fully saturated rings. The topological polar surface area (TPSA) is 90.4 Å². The van der Waals surface area contributed by atoms with Crippen LogP contribution in [0.3, 0.4) is 0 Å². The molecule has 0 amide bonds. The zero-order valence-corrected chi connectivity index (χ0v) is 10.6. The van der Waals surface area contributed by atoms with Crippen molar-refractivity contribution in [1.82, 2.24) is 15.5 Å². The molecular formula is C12H15N3O4. The summed E-state index contributed by atoms with van der Waals surface area (Å²) in [5.41, 5.74) is 0. The quantitative estimate of drug-likeness (QED) is 0.597. The molecule has 2 aromatic rings. The monoisotopic (exact) mass is 265 g/mol. The Bertz CT molecular complexity index is 507. The van der Waals surface area contributed by atoms with Gasteiger partial charge in [0.05, 0.1) is 25.8 Å². The van der Waals surface area contributed by atoms with Crippen molar-refractivity contribution >= 4 is 5.97 Å². The maximum atomic E-state index is 11.1. The minimum atomic E-state index is -0.225. The van der Waals surface area contributed by atoms with Gasteiger partial charge in [-0.3, -0.25) is 4.79 Å². The smallest absolute Gasteiger partial charge is 0.307 e. The van der Waals surface area contributed by atoms with Crippen LogP contribution in [0.15, 0.2) is 27.2 Å². The number of nitrogens with zero attached hydrogens (tertiary/aromatic N) is 2. The van der Waals surface area contributed by atoms with Crippen LogP contribution in [0, 0.1) is 0 Å². The minimum Gasteiger partial charge on any atom is -0.466 e. The van der Waals surface area contributed by atoms with E-state index in [4.69, 9.17) is 13.6 Å². The SMILES string of the molecule is CCOC(=O)CCNCc1nnc(-c2ccco2)o1. The summed E-state index contributed by atoms with van der Waals surface area (Å²) in [5.74, 6) is 1.09. The molecule has 102 valence electrons. The summed E-state index contributed by atoms with van der Waals surface area (Å²) in [6.07, 6.45) is 1.85. The molecule has 0 aromatic carbocycles. The van der Waals surface area contributed by atoms with Crippen LogP contribution in [0.5, 0.6) is 0 Å². The van der Waals surface area contributed by atoms with Crippen molar-refractivity contribution in [2.24, 2.45) is 0 Å². The van der Waals surface area contributed by atoms with E-state index in [0.717, 1.165) is 0 Å². The van der Waals surface area contributed by atoms with E-state index in [-0.39, 0.29) is 5.97 Å². The summed E-state index contributed by atoms with van der Waals surface area (Å²) in [6, 6.07) is 3.49. The second-order valence-corrected chi connectivity index (χ2v) is 3.71. The first-order valence-corrected chi connectivity index (χ1v) is 6.02. The van der Waals surface area contributed by atoms with Gasteiger partial charge in [-0.1, -0.05) is 0 Å². The Kier molecular flexibility index (Phi) is 4.68. The highest BCUT2D eigenvalue weighted by molar-refractivity contribution is 5.69. The van der Waals surface area contributed by atoms with Crippen molar-refractivity contribution in [3.05, 3.63) is 24.3 Å². The van der Waals surface area contributed by atoms with Gasteiger partial charge < -0.3 is 18.9 Å². The van der Waals surface area contributed by atoms with Gasteiger partial charge in [0.2, 0.25) is 5.89 Å². The minimum absolute atomic E-state index is 0.225. The average Bonchev–Trinajstić information content (AvgIpc) is 3.05. The van der Waals surface area contributed by atoms with E-state index in [1.807, 2.05) is 0 Å². The second kappa shape index (κ2) is 6.69. The molecule has 0 bridgehead atoms. The standard InChI is InChI=1S/C12H15N3O4/c1-2-17-11(16)5-6-13-8-10-14-15-12(19-10)9-4-3-7-18-9/h3-4,7,13H,2,5-6,8H2,1H3. The molecule has 2 aromatic heterocycles. The van der Waals surface area contributed by atoms with Crippen LogP contribution in [0.4, 0.5) is 0 Å². The summed E-state index contributed by atoms with van der Waals surface area (Å²) in [5, 5.41) is 10.8. The normalized spacial score (nSPS) is 10.6. The Balaban J connectivity index is 1.74. The third-order valence-electron chi connectivity index (χ3n) is 2.29. The van der Waals surface area contributed by atoms with Crippen molar-refractivity contribution in [1.29, 1.82) is 0 Å². The average molecular weight is 265 g/mol. The zero-order chi connectivity index (χ0) is 13.5. The molecule has 0 spiro atoms. The summed E-state index contributed by atoms with van der Waals surface area (Å²) >= 11 is 0. The van der Waals surface area contributed by atoms with Gasteiger partial charge in [0.1, 0.15) is 0 Å². The molecule has 2 heterocycles. The van der Waals surface area contributed by atoms with E-state index < -0.39 is 0 Å². The van der Waals surface area contributed by atoms with Gasteiger partial charge >= 0.3 is 5.97 Å². The van der Waals surface area contributed by atoms with Crippen molar-refractivity contribution < 1.29 is 18.4 Å². The van der Waals surface area contributed by atoms with Crippen molar-refractivity contribution in [3.8, 4) is 11.7 Å². The van der Waals surface area contributed by atoms with Gasteiger partial charge in [-0.2, -0.15) is 0 Å². The Hall–Kier alpha value is -2.15. The van der Waals surface area contributed by atoms with Crippen molar-refractivity contribution in [2.45, 2.75) is 19.9 Å². The van der Waals surface area contributed by atoms with Crippen LogP contribution < -0.4 is 5.32 Å². The van der Waals surface area contributed by atoms with Crippen LogP contribution in [-0.2, 0) is 16.1 Å². The lowest BCUT2D eigenvalue weighted by Gasteiger charge is -2.01. The van der Waals surface area contributed by atoms with Crippen LogP contribution >= 0.6 is 0 Å². The number of aromatic nitrogens is 2. The molecule has 0 saturated carbocycles. The Labute approximate surface area is 109 Å². The predicted octanol–water partition coefficient (Wildman–Crippen LogP) is 1.37. The molecule has 0 aliphatic rings. The summed E-state index contributed by atoms with van der Waals surface area (Å²) < 4.78 is 15.3. The number of hydrogen-bond donors (Lipinski definition) is 1. The Morgan fingerprint density at radius 1 is 1.47 bits per heavy atom. The number of nitrogens with one attached hydrogen (secondary N) is 1. The summed E-state index contributed by atoms with van der Waals surface area (Å²) in [6.45, 7) is 3.07. The first-order valence-electron chi connectivity index (χ1n) is 6.02. The molecule has 0 aliphatic heterocycles. The molecule has 7 heteroatoms. The maximum absolute atomic E-state index is 11.1. The summed E-state index contributed by atoms with van der Waals surface area (Å²) in [4.78, 5) is 11.1. The second-order valence-electron chi connectivity index (χ2n) is 3.71. The third-order valence-corrected chi connectivity index (χ3v) is 2.29. The van der Waals surface area contributed by atoms with Crippen LogP contribution in [-0.4, -0.2) is 29.3 Å². The lowest BCUT2D eigenvalue weighted by atomic mass is 10.4. The first-order chi connectivity index (χ1) is 9.29. The molecule has 1 N–H and O–H groups in total. The molecule has 0 atom stereocenters. The lowest BCUT2D eigenvalue weighted by molar-refractivity contribution is -0.142. The highest BCUT2D eigenvalue weighted by Gasteiger charge is 2.10. The van der Waals surface area contributed by atoms with E-state index in [1.54, 1.807) is 19.1 Å². The number of ether oxygens (including phenoxy) is 1. The Morgan fingerprint density at radius 2 is 2.37 bits per heavy atom. The zero-order valence-electron chi connectivity index (χ0n) is 10.6. The number of carbonyl (C=O) groups is 1. The molecular weight excluding hydrogens is 250 g/mol. The molecule has 0 unspecified atom stereocenters. The van der Waals surface area contributed by atoms with E-state index in [9.17, 15) is 4.79 Å². The fraction of sp³-hybridized carbons (Fsp3) is 0.417. The maximum Gasteiger partial charge on any atom is 0.307 e. The van der Waals surface area contributed by atoms with Crippen LogP contribution in [0.25, 0.3) is 11.7 Å². The number of furan rings is 1. The lowest BCUT2D eigenvalue weighted by Crippen LogP contribution is -2.19. The number of hydrogen-bond acceptors (Lipinski definition) is 7. The first kappa shape index (κ1) is 13.3. The van der Waals surface area contributed by atoms with Gasteiger partial charge in [0.15, 0.2) is 5.76 Å². The molecule has 0 radical (unpaired) electrons. The van der Waals surface area contributed by atoms with Crippen LogP contribution in [0.1, 0.15) is 19.2 Å². The number of esters is 1. The Morgan fingerprint density at radius 3 is 3.11 bits per heavy atom. The van der Waals surface area contributed by atoms with Gasteiger partial charge in [-0.05, 0) is 19.1 Å². The largest absolute Gasteiger partial charge is 0.466 e. The van der Waals surface area contributed by atoms with E-state index in [2.05, 4.69) is 15.5 Å². The van der Waals surface area contributed by atoms with Crippen molar-refractivity contribution in [3.63, 3.8) is 0 Å². The van der Waals surface area contributed by atoms with Gasteiger partial charge in [0, 0.05) is 6.54 Å². The van der Waals surface area contributed by atoms with E-state index in [0.29, 0.717) is 43.7 Å². The fourth-order valence-electron chi connectivity index (χ4n) is 1.44. The van der Waals surface area contributed by atoms with E-state index in [1.165, 1.54) is 6.26 Å². The van der Waals surface area contributed by atoms with Gasteiger partial charge in [-0.15, -0.1) is 10.2 Å². The number of carbonyl (C=O) groups excluding carboxylic acids is 1. The molecule has 2 rings (SSSR count). The van der Waals surface area contributed by atoms with E-state index >= 15 is 0 Å². The van der Waals surface area contributed by atoms with Crippen LogP contribution in [0.2, 0.25) is 0 Å². The third kappa shape index (κ3) is 3.92. The van der Waals surface area contributed by atoms with Gasteiger partial charge in [-0.25, -0.2) is 0 Å². The highest BCUT2D eigenvalue weighted by Crippen LogP contribution is 2.17. The molecule has 19 heavy (non-hydrogen) atoms. The van der Waals surface area contributed by atoms with Gasteiger partial charge in [0.25, 0.3) is 5.89 Å². The number of rotatable bonds is 7.